The first-order valence-electron chi connectivity index (χ1n) is 11.7. The van der Waals surface area contributed by atoms with Gasteiger partial charge in [0.25, 0.3) is 5.91 Å². The first-order chi connectivity index (χ1) is 17.5. The molecule has 0 radical (unpaired) electrons. The van der Waals surface area contributed by atoms with Gasteiger partial charge in [0.05, 0.1) is 33.3 Å². The molecule has 0 aliphatic heterocycles. The number of furan rings is 1. The van der Waals surface area contributed by atoms with Crippen molar-refractivity contribution in [1.82, 2.24) is 5.32 Å². The van der Waals surface area contributed by atoms with Gasteiger partial charge in [-0.1, -0.05) is 25.0 Å². The van der Waals surface area contributed by atoms with Gasteiger partial charge in [-0.05, 0) is 54.8 Å². The minimum atomic E-state index is -1.27. The van der Waals surface area contributed by atoms with Gasteiger partial charge in [-0.2, -0.15) is 0 Å². The van der Waals surface area contributed by atoms with Crippen molar-refractivity contribution in [2.45, 2.75) is 37.8 Å². The molecule has 36 heavy (non-hydrogen) atoms. The zero-order valence-corrected chi connectivity index (χ0v) is 20.5. The van der Waals surface area contributed by atoms with Crippen molar-refractivity contribution in [3.05, 3.63) is 71.9 Å². The third-order valence-electron chi connectivity index (χ3n) is 6.27. The van der Waals surface area contributed by atoms with E-state index in [1.54, 1.807) is 24.3 Å². The van der Waals surface area contributed by atoms with Crippen molar-refractivity contribution in [2.24, 2.45) is 0 Å². The summed E-state index contributed by atoms with van der Waals surface area (Å²) in [5.74, 6) is -0.917. The summed E-state index contributed by atoms with van der Waals surface area (Å²) in [6.07, 6.45) is 5.02. The molecule has 0 saturated heterocycles. The highest BCUT2D eigenvalue weighted by Crippen LogP contribution is 2.42. The molecule has 1 aromatic heterocycles. The zero-order valence-electron chi connectivity index (χ0n) is 20.5. The zero-order chi connectivity index (χ0) is 25.7. The van der Waals surface area contributed by atoms with Gasteiger partial charge in [-0.25, -0.2) is 4.39 Å². The average Bonchev–Trinajstić information content (AvgIpc) is 3.61. The standard InChI is InChI=1S/C27H29FN2O6/c1-33-22-15-17(16-23(34-2)25(22)35-3)24(26(31)29-18-9-4-5-10-18)30(20-12-7-6-11-19(20)28)27(32)21-13-8-14-36-21/h6-8,11-16,18,24H,4-5,9-10H2,1-3H3,(H,29,31)/t24-/m1/s1. The lowest BCUT2D eigenvalue weighted by Crippen LogP contribution is -2.46. The van der Waals surface area contributed by atoms with E-state index in [2.05, 4.69) is 5.32 Å². The first-order valence-corrected chi connectivity index (χ1v) is 11.7. The van der Waals surface area contributed by atoms with Crippen molar-refractivity contribution in [3.63, 3.8) is 0 Å². The second kappa shape index (κ2) is 11.2. The van der Waals surface area contributed by atoms with E-state index in [1.807, 2.05) is 0 Å². The average molecular weight is 497 g/mol. The molecule has 0 bridgehead atoms. The molecule has 1 fully saturated rings. The first kappa shape index (κ1) is 25.1. The maximum Gasteiger partial charge on any atom is 0.295 e. The molecule has 0 spiro atoms. The fourth-order valence-electron chi connectivity index (χ4n) is 4.56. The van der Waals surface area contributed by atoms with Gasteiger partial charge < -0.3 is 23.9 Å². The van der Waals surface area contributed by atoms with Crippen LogP contribution >= 0.6 is 0 Å². The third-order valence-corrected chi connectivity index (χ3v) is 6.27. The number of para-hydroxylation sites is 1. The van der Waals surface area contributed by atoms with Crippen molar-refractivity contribution in [1.29, 1.82) is 0 Å². The van der Waals surface area contributed by atoms with Crippen LogP contribution < -0.4 is 24.4 Å². The molecule has 2 amide bonds. The van der Waals surface area contributed by atoms with Crippen LogP contribution in [0.3, 0.4) is 0 Å². The topological polar surface area (TPSA) is 90.2 Å². The summed E-state index contributed by atoms with van der Waals surface area (Å²) in [5, 5.41) is 3.05. The number of methoxy groups -OCH3 is 3. The Morgan fingerprint density at radius 3 is 2.22 bits per heavy atom. The molecule has 2 aromatic carbocycles. The molecule has 9 heteroatoms. The summed E-state index contributed by atoms with van der Waals surface area (Å²) in [7, 11) is 4.38. The molecule has 3 aromatic rings. The van der Waals surface area contributed by atoms with Gasteiger partial charge in [-0.3, -0.25) is 14.5 Å². The highest BCUT2D eigenvalue weighted by Gasteiger charge is 2.38. The Labute approximate surface area is 208 Å². The molecule has 0 unspecified atom stereocenters. The molecule has 8 nitrogen and oxygen atoms in total. The molecule has 1 saturated carbocycles. The number of hydrogen-bond donors (Lipinski definition) is 1. The molecule has 1 heterocycles. The third kappa shape index (κ3) is 5.00. The minimum absolute atomic E-state index is 0.0376. The molecular weight excluding hydrogens is 467 g/mol. The summed E-state index contributed by atoms with van der Waals surface area (Å²) >= 11 is 0. The lowest BCUT2D eigenvalue weighted by molar-refractivity contribution is -0.123. The maximum absolute atomic E-state index is 15.2. The fourth-order valence-corrected chi connectivity index (χ4v) is 4.56. The lowest BCUT2D eigenvalue weighted by Gasteiger charge is -2.32. The van der Waals surface area contributed by atoms with Gasteiger partial charge >= 0.3 is 0 Å². The van der Waals surface area contributed by atoms with Crippen molar-refractivity contribution in [3.8, 4) is 17.2 Å². The van der Waals surface area contributed by atoms with Crippen LogP contribution in [-0.2, 0) is 4.79 Å². The second-order valence-corrected chi connectivity index (χ2v) is 8.46. The number of nitrogens with zero attached hydrogens (tertiary/aromatic N) is 1. The molecule has 1 atom stereocenters. The van der Waals surface area contributed by atoms with Gasteiger partial charge in [0.2, 0.25) is 11.7 Å². The van der Waals surface area contributed by atoms with Crippen LogP contribution in [0.1, 0.15) is 47.8 Å². The van der Waals surface area contributed by atoms with Gasteiger partial charge in [0, 0.05) is 6.04 Å². The number of benzene rings is 2. The Hall–Kier alpha value is -4.01. The van der Waals surface area contributed by atoms with E-state index in [-0.39, 0.29) is 17.5 Å². The summed E-state index contributed by atoms with van der Waals surface area (Å²) in [6.45, 7) is 0. The van der Waals surface area contributed by atoms with E-state index in [0.717, 1.165) is 30.6 Å². The number of ether oxygens (including phenoxy) is 3. The molecule has 190 valence electrons. The van der Waals surface area contributed by atoms with E-state index in [4.69, 9.17) is 18.6 Å². The molecular formula is C27H29FN2O6. The SMILES string of the molecule is COc1cc([C@H](C(=O)NC2CCCC2)N(C(=O)c2ccco2)c2ccccc2F)cc(OC)c1OC. The minimum Gasteiger partial charge on any atom is -0.493 e. The highest BCUT2D eigenvalue weighted by atomic mass is 19.1. The van der Waals surface area contributed by atoms with Gasteiger partial charge in [0.15, 0.2) is 17.3 Å². The Balaban J connectivity index is 1.92. The molecule has 1 N–H and O–H groups in total. The van der Waals surface area contributed by atoms with E-state index in [0.29, 0.717) is 22.8 Å². The predicted molar refractivity (Wildman–Crippen MR) is 131 cm³/mol. The second-order valence-electron chi connectivity index (χ2n) is 8.46. The number of anilines is 1. The summed E-state index contributed by atoms with van der Waals surface area (Å²) in [5.41, 5.74) is 0.280. The Bertz CT molecular complexity index is 1180. The van der Waals surface area contributed by atoms with Crippen LogP contribution in [0.25, 0.3) is 0 Å². The number of nitrogens with one attached hydrogen (secondary N) is 1. The highest BCUT2D eigenvalue weighted by molar-refractivity contribution is 6.08. The van der Waals surface area contributed by atoms with Crippen LogP contribution in [0.15, 0.2) is 59.2 Å². The number of hydrogen-bond acceptors (Lipinski definition) is 6. The van der Waals surface area contributed by atoms with Crippen molar-refractivity contribution < 1.29 is 32.6 Å². The number of rotatable bonds is 9. The van der Waals surface area contributed by atoms with Crippen LogP contribution in [0, 0.1) is 5.82 Å². The van der Waals surface area contributed by atoms with Gasteiger partial charge in [0.1, 0.15) is 11.9 Å². The summed E-state index contributed by atoms with van der Waals surface area (Å²) in [4.78, 5) is 28.7. The quantitative estimate of drug-likeness (QED) is 0.454. The van der Waals surface area contributed by atoms with Crippen LogP contribution in [0.5, 0.6) is 17.2 Å². The van der Waals surface area contributed by atoms with Crippen LogP contribution in [-0.4, -0.2) is 39.2 Å². The number of carbonyl (C=O) groups excluding carboxylic acids is 2. The number of carbonyl (C=O) groups is 2. The van der Waals surface area contributed by atoms with E-state index in [1.165, 1.54) is 51.9 Å². The van der Waals surface area contributed by atoms with Gasteiger partial charge in [-0.15, -0.1) is 0 Å². The van der Waals surface area contributed by atoms with Crippen molar-refractivity contribution >= 4 is 17.5 Å². The number of amides is 2. The van der Waals surface area contributed by atoms with E-state index in [9.17, 15) is 9.59 Å². The largest absolute Gasteiger partial charge is 0.493 e. The van der Waals surface area contributed by atoms with Crippen molar-refractivity contribution in [2.75, 3.05) is 26.2 Å². The molecule has 4 rings (SSSR count). The van der Waals surface area contributed by atoms with E-state index < -0.39 is 23.7 Å². The normalized spacial score (nSPS) is 14.2. The fraction of sp³-hybridized carbons (Fsp3) is 0.333. The monoisotopic (exact) mass is 496 g/mol. The smallest absolute Gasteiger partial charge is 0.295 e. The predicted octanol–water partition coefficient (Wildman–Crippen LogP) is 4.89. The Morgan fingerprint density at radius 1 is 1.00 bits per heavy atom. The molecule has 1 aliphatic rings. The van der Waals surface area contributed by atoms with Crippen LogP contribution in [0.4, 0.5) is 10.1 Å². The maximum atomic E-state index is 15.2. The van der Waals surface area contributed by atoms with E-state index >= 15 is 4.39 Å². The summed E-state index contributed by atoms with van der Waals surface area (Å²) in [6, 6.07) is 10.7. The summed E-state index contributed by atoms with van der Waals surface area (Å²) < 4.78 is 36.9. The molecule has 1 aliphatic carbocycles. The number of halogens is 1. The van der Waals surface area contributed by atoms with Crippen LogP contribution in [0.2, 0.25) is 0 Å². The Morgan fingerprint density at radius 2 is 1.67 bits per heavy atom. The lowest BCUT2D eigenvalue weighted by atomic mass is 10.0. The Kier molecular flexibility index (Phi) is 7.77.